The molecule has 7 atom stereocenters. The molecule has 13 nitrogen and oxygen atoms in total. The van der Waals surface area contributed by atoms with Gasteiger partial charge in [-0.3, -0.25) is 19.1 Å². The molecule has 3 amide bonds. The van der Waals surface area contributed by atoms with Gasteiger partial charge in [0.15, 0.2) is 0 Å². The second-order valence-electron chi connectivity index (χ2n) is 13.3. The summed E-state index contributed by atoms with van der Waals surface area (Å²) in [4.78, 5) is 72.6. The Morgan fingerprint density at radius 1 is 1.08 bits per heavy atom. The van der Waals surface area contributed by atoms with Gasteiger partial charge in [0.05, 0.1) is 50.6 Å². The normalized spacial score (nSPS) is 27.2. The number of carbonyl (C=O) groups is 5. The van der Waals surface area contributed by atoms with E-state index in [0.717, 1.165) is 36.0 Å². The van der Waals surface area contributed by atoms with Crippen molar-refractivity contribution in [3.63, 3.8) is 0 Å². The van der Waals surface area contributed by atoms with E-state index in [0.29, 0.717) is 41.3 Å². The fourth-order valence-electron chi connectivity index (χ4n) is 8.76. The molecular weight excluding hydrogens is 632 g/mol. The topological polar surface area (TPSA) is 146 Å². The number of nitrogens with zero attached hydrogens (tertiary/aromatic N) is 3. The average molecular weight is 677 g/mol. The van der Waals surface area contributed by atoms with Crippen LogP contribution in [0.25, 0.3) is 10.9 Å². The highest BCUT2D eigenvalue weighted by molar-refractivity contribution is 6.00. The average Bonchev–Trinajstić information content (AvgIpc) is 3.82. The number of hydrogen-bond donors (Lipinski definition) is 1. The Hall–Kier alpha value is -4.65. The van der Waals surface area contributed by atoms with Crippen LogP contribution in [0.1, 0.15) is 50.4 Å². The predicted octanol–water partition coefficient (Wildman–Crippen LogP) is 3.76. The van der Waals surface area contributed by atoms with E-state index in [1.54, 1.807) is 17.7 Å². The lowest BCUT2D eigenvalue weighted by atomic mass is 9.74. The quantitative estimate of drug-likeness (QED) is 0.104. The van der Waals surface area contributed by atoms with E-state index in [-0.39, 0.29) is 42.0 Å². The third-order valence-electron chi connectivity index (χ3n) is 11.1. The summed E-state index contributed by atoms with van der Waals surface area (Å²) in [6, 6.07) is 4.65. The number of allylic oxidation sites excluding steroid dienone is 2. The van der Waals surface area contributed by atoms with Crippen LogP contribution in [0.4, 0.5) is 4.79 Å². The van der Waals surface area contributed by atoms with Crippen LogP contribution in [-0.2, 0) is 39.9 Å². The molecule has 0 radical (unpaired) electrons. The van der Waals surface area contributed by atoms with Crippen LogP contribution in [0.5, 0.6) is 5.75 Å². The van der Waals surface area contributed by atoms with Crippen molar-refractivity contribution in [3.05, 3.63) is 53.4 Å². The van der Waals surface area contributed by atoms with E-state index in [1.165, 1.54) is 20.5 Å². The minimum absolute atomic E-state index is 0.00112. The first-order valence-electron chi connectivity index (χ1n) is 16.9. The Bertz CT molecular complexity index is 1710. The lowest BCUT2D eigenvalue weighted by molar-refractivity contribution is -0.198. The molecule has 6 rings (SSSR count). The van der Waals surface area contributed by atoms with Crippen molar-refractivity contribution < 1.29 is 43.0 Å². The number of nitrogens with one attached hydrogen (secondary N) is 1. The van der Waals surface area contributed by atoms with Gasteiger partial charge in [-0.2, -0.15) is 0 Å². The van der Waals surface area contributed by atoms with Gasteiger partial charge in [-0.1, -0.05) is 38.5 Å². The molecule has 0 spiro atoms. The lowest BCUT2D eigenvalue weighted by Crippen LogP contribution is -2.48. The summed E-state index contributed by atoms with van der Waals surface area (Å²) in [5.74, 6) is -1.59. The summed E-state index contributed by atoms with van der Waals surface area (Å²) < 4.78 is 17.8. The predicted molar refractivity (Wildman–Crippen MR) is 177 cm³/mol. The molecule has 1 saturated carbocycles. The van der Waals surface area contributed by atoms with Crippen LogP contribution in [-0.4, -0.2) is 85.8 Å². The smallest absolute Gasteiger partial charge is 0.352 e. The van der Waals surface area contributed by atoms with Crippen molar-refractivity contribution in [2.24, 2.45) is 35.5 Å². The van der Waals surface area contributed by atoms with Crippen LogP contribution in [0.15, 0.2) is 42.2 Å². The number of piperidine rings is 1. The lowest BCUT2D eigenvalue weighted by Gasteiger charge is -2.46. The summed E-state index contributed by atoms with van der Waals surface area (Å²) in [5, 5.41) is 3.92. The Morgan fingerprint density at radius 3 is 2.51 bits per heavy atom. The number of hydroxylamine groups is 2. The SMILES string of the molecule is CCC1CN2CCc3c(n(C(=O)NCC(=O)ON(C=O)C(=O)C4C(C)C5C=C[C@@H]4C5)c4cccc(OC)c34)C2CC1/C(=C\OC)C(=O)OC. The van der Waals surface area contributed by atoms with Crippen molar-refractivity contribution >= 4 is 41.2 Å². The first-order chi connectivity index (χ1) is 23.7. The van der Waals surface area contributed by atoms with E-state index in [2.05, 4.69) is 23.2 Å². The molecule has 13 heteroatoms. The van der Waals surface area contributed by atoms with E-state index >= 15 is 0 Å². The maximum Gasteiger partial charge on any atom is 0.352 e. The fraction of sp³-hybridized carbons (Fsp3) is 0.528. The summed E-state index contributed by atoms with van der Waals surface area (Å²) in [6.07, 6.45) is 8.58. The maximum atomic E-state index is 14.1. The van der Waals surface area contributed by atoms with Crippen molar-refractivity contribution in [1.82, 2.24) is 19.8 Å². The van der Waals surface area contributed by atoms with E-state index in [1.807, 2.05) is 25.1 Å². The number of carbonyl (C=O) groups excluding carboxylic acids is 5. The molecule has 2 aliphatic heterocycles. The Morgan fingerprint density at radius 2 is 1.86 bits per heavy atom. The minimum atomic E-state index is -0.958. The van der Waals surface area contributed by atoms with Gasteiger partial charge in [-0.25, -0.2) is 14.4 Å². The highest BCUT2D eigenvalue weighted by Crippen LogP contribution is 2.49. The van der Waals surface area contributed by atoms with Crippen LogP contribution >= 0.6 is 0 Å². The van der Waals surface area contributed by atoms with Crippen LogP contribution in [0.3, 0.4) is 0 Å². The zero-order valence-electron chi connectivity index (χ0n) is 28.5. The van der Waals surface area contributed by atoms with Crippen LogP contribution in [0.2, 0.25) is 0 Å². The highest BCUT2D eigenvalue weighted by atomic mass is 16.7. The number of benzene rings is 1. The molecule has 1 N–H and O–H groups in total. The molecule has 49 heavy (non-hydrogen) atoms. The van der Waals surface area contributed by atoms with Gasteiger partial charge in [0.1, 0.15) is 12.3 Å². The number of amides is 3. The molecule has 1 aromatic carbocycles. The summed E-state index contributed by atoms with van der Waals surface area (Å²) in [6.45, 7) is 4.92. The first-order valence-corrected chi connectivity index (χ1v) is 16.9. The summed E-state index contributed by atoms with van der Waals surface area (Å²) in [5.41, 5.74) is 2.76. The molecule has 2 aliphatic carbocycles. The van der Waals surface area contributed by atoms with Gasteiger partial charge in [0.25, 0.3) is 12.3 Å². The zero-order valence-corrected chi connectivity index (χ0v) is 28.5. The van der Waals surface area contributed by atoms with Gasteiger partial charge >= 0.3 is 18.0 Å². The van der Waals surface area contributed by atoms with Crippen LogP contribution in [0, 0.1) is 35.5 Å². The molecule has 1 aromatic heterocycles. The van der Waals surface area contributed by atoms with Crippen molar-refractivity contribution in [3.8, 4) is 5.75 Å². The third-order valence-corrected chi connectivity index (χ3v) is 11.1. The number of ether oxygens (including phenoxy) is 3. The fourth-order valence-corrected chi connectivity index (χ4v) is 8.76. The Kier molecular flexibility index (Phi) is 9.82. The number of aromatic nitrogens is 1. The van der Waals surface area contributed by atoms with E-state index in [9.17, 15) is 24.0 Å². The molecule has 6 unspecified atom stereocenters. The molecule has 4 aliphatic rings. The van der Waals surface area contributed by atoms with E-state index < -0.39 is 36.3 Å². The highest BCUT2D eigenvalue weighted by Gasteiger charge is 2.48. The third kappa shape index (κ3) is 5.98. The van der Waals surface area contributed by atoms with Gasteiger partial charge in [0, 0.05) is 24.2 Å². The first kappa shape index (κ1) is 34.2. The van der Waals surface area contributed by atoms with Crippen molar-refractivity contribution in [2.75, 3.05) is 41.0 Å². The molecular formula is C36H44N4O9. The molecule has 1 saturated heterocycles. The van der Waals surface area contributed by atoms with Gasteiger partial charge in [-0.05, 0) is 66.5 Å². The monoisotopic (exact) mass is 676 g/mol. The number of esters is 1. The number of methoxy groups -OCH3 is 3. The standard InChI is InChI=1S/C36H44N4O9/c1-6-21-17-38-13-12-24-32-27(8-7-9-29(32)47-4)40(33(24)28(38)15-25(21)26(18-46-3)35(44)48-5)36(45)37-16-30(42)49-39(19-41)34(43)31-20(2)22-10-11-23(31)14-22/h7-11,18-23,25,28,31H,6,12-17H2,1-5H3,(H,37,45)/b26-18+/t20?,21?,22?,23-,25?,28?,31?/m1/s1. The molecule has 2 aromatic rings. The summed E-state index contributed by atoms with van der Waals surface area (Å²) in [7, 11) is 4.43. The number of hydrogen-bond acceptors (Lipinski definition) is 10. The second kappa shape index (κ2) is 14.1. The van der Waals surface area contributed by atoms with Crippen LogP contribution < -0.4 is 10.1 Å². The second-order valence-corrected chi connectivity index (χ2v) is 13.3. The molecule has 2 bridgehead atoms. The van der Waals surface area contributed by atoms with Gasteiger partial charge in [-0.15, -0.1) is 5.06 Å². The molecule has 2 fully saturated rings. The molecule has 262 valence electrons. The number of imide groups is 1. The van der Waals surface area contributed by atoms with Crippen molar-refractivity contribution in [1.29, 1.82) is 0 Å². The number of rotatable bonds is 9. The van der Waals surface area contributed by atoms with Gasteiger partial charge in [0.2, 0.25) is 0 Å². The van der Waals surface area contributed by atoms with Crippen molar-refractivity contribution in [2.45, 2.75) is 45.6 Å². The van der Waals surface area contributed by atoms with Gasteiger partial charge < -0.3 is 24.4 Å². The Balaban J connectivity index is 1.28. The largest absolute Gasteiger partial charge is 0.504 e. The summed E-state index contributed by atoms with van der Waals surface area (Å²) >= 11 is 0. The van der Waals surface area contributed by atoms with E-state index in [4.69, 9.17) is 19.0 Å². The zero-order chi connectivity index (χ0) is 35.0. The number of fused-ring (bicyclic) bond motifs is 7. The Labute approximate surface area is 285 Å². The molecule has 3 heterocycles. The maximum absolute atomic E-state index is 14.1. The minimum Gasteiger partial charge on any atom is -0.504 e.